The van der Waals surface area contributed by atoms with Crippen molar-refractivity contribution >= 4 is 17.9 Å². The molecule has 0 unspecified atom stereocenters. The molecule has 338 valence electrons. The molecule has 0 aromatic heterocycles. The largest absolute Gasteiger partial charge is 0.462 e. The lowest BCUT2D eigenvalue weighted by atomic mass is 10.0. The molecule has 0 heterocycles. The zero-order valence-electron chi connectivity index (χ0n) is 39.0. The van der Waals surface area contributed by atoms with E-state index in [0.29, 0.717) is 19.3 Å². The van der Waals surface area contributed by atoms with Crippen LogP contribution in [0.5, 0.6) is 0 Å². The van der Waals surface area contributed by atoms with Crippen molar-refractivity contribution in [1.82, 2.24) is 0 Å². The van der Waals surface area contributed by atoms with Crippen molar-refractivity contribution in [2.45, 2.75) is 285 Å². The van der Waals surface area contributed by atoms with Crippen LogP contribution < -0.4 is 0 Å². The maximum Gasteiger partial charge on any atom is 0.306 e. The van der Waals surface area contributed by atoms with Crippen LogP contribution in [-0.2, 0) is 28.6 Å². The second-order valence-corrected chi connectivity index (χ2v) is 18.4. The molecule has 0 aromatic rings. The first kappa shape index (κ1) is 55.4. The smallest absolute Gasteiger partial charge is 0.306 e. The van der Waals surface area contributed by atoms with Crippen LogP contribution in [0.1, 0.15) is 279 Å². The Morgan fingerprint density at radius 3 is 0.860 bits per heavy atom. The third-order valence-corrected chi connectivity index (χ3v) is 11.5. The van der Waals surface area contributed by atoms with E-state index in [1.807, 2.05) is 0 Å². The van der Waals surface area contributed by atoms with Gasteiger partial charge in [0.2, 0.25) is 0 Å². The van der Waals surface area contributed by atoms with Crippen LogP contribution >= 0.6 is 0 Å². The Morgan fingerprint density at radius 1 is 0.333 bits per heavy atom. The first-order valence-electron chi connectivity index (χ1n) is 25.2. The SMILES string of the molecule is CCCCCCCCCC(=O)O[C@@H](COC(=O)CCCCCCCCCCCCCCCCCCCCC(C)C)COC(=O)CCCCCCCCCCC(C)C. The molecule has 0 saturated carbocycles. The maximum atomic E-state index is 12.6. The molecule has 6 heteroatoms. The van der Waals surface area contributed by atoms with E-state index >= 15 is 0 Å². The summed E-state index contributed by atoms with van der Waals surface area (Å²) in [5.74, 6) is 0.796. The lowest BCUT2D eigenvalue weighted by molar-refractivity contribution is -0.167. The Hall–Kier alpha value is -1.59. The van der Waals surface area contributed by atoms with Crippen molar-refractivity contribution in [1.29, 1.82) is 0 Å². The van der Waals surface area contributed by atoms with Crippen LogP contribution in [0.3, 0.4) is 0 Å². The molecule has 57 heavy (non-hydrogen) atoms. The number of carbonyl (C=O) groups is 3. The molecule has 0 fully saturated rings. The van der Waals surface area contributed by atoms with Gasteiger partial charge in [-0.05, 0) is 31.1 Å². The molecule has 0 bridgehead atoms. The number of ether oxygens (including phenoxy) is 3. The molecule has 0 radical (unpaired) electrons. The normalized spacial score (nSPS) is 12.1. The number of esters is 3. The second-order valence-electron chi connectivity index (χ2n) is 18.4. The Bertz CT molecular complexity index is 870. The van der Waals surface area contributed by atoms with E-state index in [2.05, 4.69) is 34.6 Å². The van der Waals surface area contributed by atoms with Crippen LogP contribution in [-0.4, -0.2) is 37.2 Å². The highest BCUT2D eigenvalue weighted by Crippen LogP contribution is 2.17. The monoisotopic (exact) mass is 807 g/mol. The van der Waals surface area contributed by atoms with Gasteiger partial charge in [-0.15, -0.1) is 0 Å². The van der Waals surface area contributed by atoms with E-state index in [4.69, 9.17) is 14.2 Å². The van der Waals surface area contributed by atoms with Gasteiger partial charge in [0.1, 0.15) is 13.2 Å². The van der Waals surface area contributed by atoms with Crippen LogP contribution in [0.2, 0.25) is 0 Å². The van der Waals surface area contributed by atoms with E-state index < -0.39 is 6.10 Å². The lowest BCUT2D eigenvalue weighted by Gasteiger charge is -2.18. The average molecular weight is 807 g/mol. The molecule has 0 amide bonds. The van der Waals surface area contributed by atoms with Gasteiger partial charge in [0.25, 0.3) is 0 Å². The summed E-state index contributed by atoms with van der Waals surface area (Å²) in [6.07, 6.45) is 44.0. The minimum Gasteiger partial charge on any atom is -0.462 e. The summed E-state index contributed by atoms with van der Waals surface area (Å²) in [6.45, 7) is 11.3. The Morgan fingerprint density at radius 2 is 0.579 bits per heavy atom. The van der Waals surface area contributed by atoms with E-state index in [-0.39, 0.29) is 31.1 Å². The summed E-state index contributed by atoms with van der Waals surface area (Å²) in [4.78, 5) is 37.7. The standard InChI is InChI=1S/C51H98O6/c1-6-7-8-9-24-33-38-43-51(54)57-48(45-56-50(53)42-37-32-28-23-22-26-30-35-40-47(4)5)44-55-49(52)41-36-31-27-21-19-17-15-13-11-10-12-14-16-18-20-25-29-34-39-46(2)3/h46-48H,6-45H2,1-5H3/t48-/m0/s1. The number of carbonyl (C=O) groups excluding carboxylic acids is 3. The van der Waals surface area contributed by atoms with Crippen LogP contribution in [0, 0.1) is 11.8 Å². The quantitative estimate of drug-likeness (QED) is 0.0346. The summed E-state index contributed by atoms with van der Waals surface area (Å²) in [7, 11) is 0. The number of hydrogen-bond acceptors (Lipinski definition) is 6. The number of unbranched alkanes of at least 4 members (excludes halogenated alkanes) is 30. The van der Waals surface area contributed by atoms with Gasteiger partial charge < -0.3 is 14.2 Å². The van der Waals surface area contributed by atoms with E-state index in [1.54, 1.807) is 0 Å². The van der Waals surface area contributed by atoms with Gasteiger partial charge in [0.05, 0.1) is 0 Å². The zero-order valence-corrected chi connectivity index (χ0v) is 39.0. The summed E-state index contributed by atoms with van der Waals surface area (Å²) in [5.41, 5.74) is 0. The van der Waals surface area contributed by atoms with Crippen molar-refractivity contribution in [3.63, 3.8) is 0 Å². The molecular formula is C51H98O6. The molecule has 0 saturated heterocycles. The first-order valence-corrected chi connectivity index (χ1v) is 25.2. The van der Waals surface area contributed by atoms with Gasteiger partial charge in [-0.25, -0.2) is 0 Å². The van der Waals surface area contributed by atoms with E-state index in [9.17, 15) is 14.4 Å². The fourth-order valence-electron chi connectivity index (χ4n) is 7.64. The minimum absolute atomic E-state index is 0.0648. The molecule has 0 rings (SSSR count). The lowest BCUT2D eigenvalue weighted by Crippen LogP contribution is -2.30. The van der Waals surface area contributed by atoms with Gasteiger partial charge in [-0.2, -0.15) is 0 Å². The van der Waals surface area contributed by atoms with Gasteiger partial charge in [0.15, 0.2) is 6.10 Å². The molecule has 0 aromatic carbocycles. The van der Waals surface area contributed by atoms with Crippen LogP contribution in [0.4, 0.5) is 0 Å². The highest BCUT2D eigenvalue weighted by atomic mass is 16.6. The van der Waals surface area contributed by atoms with Crippen LogP contribution in [0.25, 0.3) is 0 Å². The van der Waals surface area contributed by atoms with Gasteiger partial charge in [-0.1, -0.05) is 240 Å². The fraction of sp³-hybridized carbons (Fsp3) is 0.941. The van der Waals surface area contributed by atoms with Crippen molar-refractivity contribution in [3.8, 4) is 0 Å². The summed E-state index contributed by atoms with van der Waals surface area (Å²) in [6, 6.07) is 0. The van der Waals surface area contributed by atoms with E-state index in [0.717, 1.165) is 69.6 Å². The Labute approximate surface area is 355 Å². The molecule has 0 aliphatic heterocycles. The minimum atomic E-state index is -0.759. The fourth-order valence-corrected chi connectivity index (χ4v) is 7.64. The van der Waals surface area contributed by atoms with Gasteiger partial charge in [0, 0.05) is 19.3 Å². The molecule has 0 aliphatic carbocycles. The summed E-state index contributed by atoms with van der Waals surface area (Å²) < 4.78 is 16.7. The third kappa shape index (κ3) is 45.3. The number of hydrogen-bond donors (Lipinski definition) is 0. The summed E-state index contributed by atoms with van der Waals surface area (Å²) >= 11 is 0. The van der Waals surface area contributed by atoms with Crippen LogP contribution in [0.15, 0.2) is 0 Å². The molecule has 0 aliphatic rings. The molecule has 1 atom stereocenters. The Kier molecular flexibility index (Phi) is 42.7. The van der Waals surface area contributed by atoms with Gasteiger partial charge in [-0.3, -0.25) is 14.4 Å². The predicted octanol–water partition coefficient (Wildman–Crippen LogP) is 16.1. The van der Waals surface area contributed by atoms with Crippen molar-refractivity contribution < 1.29 is 28.6 Å². The molecule has 6 nitrogen and oxygen atoms in total. The topological polar surface area (TPSA) is 78.9 Å². The molecular weight excluding hydrogens is 709 g/mol. The molecule has 0 N–H and O–H groups in total. The highest BCUT2D eigenvalue weighted by Gasteiger charge is 2.19. The van der Waals surface area contributed by atoms with Crippen molar-refractivity contribution in [2.75, 3.05) is 13.2 Å². The van der Waals surface area contributed by atoms with Crippen molar-refractivity contribution in [2.24, 2.45) is 11.8 Å². The second kappa shape index (κ2) is 44.0. The number of rotatable bonds is 45. The average Bonchev–Trinajstić information content (AvgIpc) is 3.18. The first-order chi connectivity index (χ1) is 27.7. The van der Waals surface area contributed by atoms with Gasteiger partial charge >= 0.3 is 17.9 Å². The highest BCUT2D eigenvalue weighted by molar-refractivity contribution is 5.71. The predicted molar refractivity (Wildman–Crippen MR) is 243 cm³/mol. The van der Waals surface area contributed by atoms with Crippen molar-refractivity contribution in [3.05, 3.63) is 0 Å². The maximum absolute atomic E-state index is 12.6. The zero-order chi connectivity index (χ0) is 41.9. The molecule has 0 spiro atoms. The Balaban J connectivity index is 4.09. The summed E-state index contributed by atoms with van der Waals surface area (Å²) in [5, 5.41) is 0. The third-order valence-electron chi connectivity index (χ3n) is 11.5. The van der Waals surface area contributed by atoms with E-state index in [1.165, 1.54) is 167 Å².